The molecule has 0 saturated heterocycles. The maximum absolute atomic E-state index is 13.8. The number of aromatic nitrogens is 3. The van der Waals surface area contributed by atoms with Gasteiger partial charge in [-0.25, -0.2) is 9.37 Å². The minimum atomic E-state index is -0.225. The molecule has 0 amide bonds. The van der Waals surface area contributed by atoms with Crippen LogP contribution in [-0.2, 0) is 0 Å². The number of hydrogen-bond donors (Lipinski definition) is 1. The summed E-state index contributed by atoms with van der Waals surface area (Å²) in [4.78, 5) is 24.6. The number of fused-ring (bicyclic) bond motifs is 2. The molecular formula is C25H23ClFN3O. The molecule has 1 fully saturated rings. The summed E-state index contributed by atoms with van der Waals surface area (Å²) in [6, 6.07) is 12.1. The Hall–Kier alpha value is -2.79. The van der Waals surface area contributed by atoms with Crippen LogP contribution >= 0.6 is 11.6 Å². The van der Waals surface area contributed by atoms with Crippen molar-refractivity contribution in [3.63, 3.8) is 0 Å². The Balaban J connectivity index is 1.36. The lowest BCUT2D eigenvalue weighted by Gasteiger charge is -2.32. The Morgan fingerprint density at radius 2 is 1.81 bits per heavy atom. The van der Waals surface area contributed by atoms with Gasteiger partial charge < -0.3 is 4.98 Å². The van der Waals surface area contributed by atoms with Crippen molar-refractivity contribution in [3.8, 4) is 0 Å². The van der Waals surface area contributed by atoms with Gasteiger partial charge in [0.05, 0.1) is 16.4 Å². The molecule has 4 nitrogen and oxygen atoms in total. The number of nitrogens with one attached hydrogen (secondary N) is 1. The van der Waals surface area contributed by atoms with Crippen LogP contribution in [0.1, 0.15) is 55.8 Å². The molecule has 0 spiro atoms. The molecule has 158 valence electrons. The van der Waals surface area contributed by atoms with Crippen LogP contribution in [0, 0.1) is 11.7 Å². The van der Waals surface area contributed by atoms with Crippen molar-refractivity contribution < 1.29 is 4.39 Å². The Bertz CT molecular complexity index is 1330. The molecule has 1 unspecified atom stereocenters. The van der Waals surface area contributed by atoms with E-state index in [2.05, 4.69) is 16.9 Å². The second-order valence-corrected chi connectivity index (χ2v) is 9.01. The maximum Gasteiger partial charge on any atom is 0.258 e. The van der Waals surface area contributed by atoms with Crippen LogP contribution in [0.2, 0.25) is 5.02 Å². The highest BCUT2D eigenvalue weighted by Gasteiger charge is 2.29. The van der Waals surface area contributed by atoms with Gasteiger partial charge in [0.15, 0.2) is 0 Å². The number of H-pyrrole nitrogens is 1. The summed E-state index contributed by atoms with van der Waals surface area (Å²) in [6.45, 7) is 2.14. The van der Waals surface area contributed by atoms with E-state index in [1.165, 1.54) is 11.6 Å². The molecular weight excluding hydrogens is 413 g/mol. The fourth-order valence-electron chi connectivity index (χ4n) is 4.99. The van der Waals surface area contributed by atoms with Gasteiger partial charge in [-0.2, -0.15) is 0 Å². The average molecular weight is 436 g/mol. The van der Waals surface area contributed by atoms with E-state index < -0.39 is 0 Å². The Morgan fingerprint density at radius 1 is 1.03 bits per heavy atom. The number of nitrogens with zero attached hydrogens (tertiary/aromatic N) is 2. The van der Waals surface area contributed by atoms with Crippen molar-refractivity contribution in [3.05, 3.63) is 81.2 Å². The van der Waals surface area contributed by atoms with Crippen molar-refractivity contribution in [1.29, 1.82) is 0 Å². The average Bonchev–Trinajstić information content (AvgIpc) is 2.78. The number of rotatable bonds is 3. The Labute approximate surface area is 184 Å². The molecule has 6 heteroatoms. The zero-order valence-electron chi connectivity index (χ0n) is 17.2. The molecule has 2 heterocycles. The highest BCUT2D eigenvalue weighted by molar-refractivity contribution is 6.31. The molecule has 1 atom stereocenters. The number of pyridine rings is 1. The monoisotopic (exact) mass is 435 g/mol. The molecule has 1 N–H and O–H groups in total. The summed E-state index contributed by atoms with van der Waals surface area (Å²) >= 11 is 6.02. The highest BCUT2D eigenvalue weighted by atomic mass is 35.5. The molecule has 31 heavy (non-hydrogen) atoms. The van der Waals surface area contributed by atoms with E-state index in [-0.39, 0.29) is 17.3 Å². The minimum Gasteiger partial charge on any atom is -0.310 e. The van der Waals surface area contributed by atoms with Gasteiger partial charge in [0.1, 0.15) is 11.6 Å². The van der Waals surface area contributed by atoms with E-state index in [1.54, 1.807) is 30.3 Å². The number of benzene rings is 2. The van der Waals surface area contributed by atoms with E-state index >= 15 is 0 Å². The van der Waals surface area contributed by atoms with Crippen LogP contribution in [0.4, 0.5) is 4.39 Å². The molecule has 1 saturated carbocycles. The third kappa shape index (κ3) is 3.83. The second kappa shape index (κ2) is 8.04. The van der Waals surface area contributed by atoms with Crippen LogP contribution in [0.5, 0.6) is 0 Å². The van der Waals surface area contributed by atoms with Crippen LogP contribution < -0.4 is 5.56 Å². The molecule has 0 aliphatic heterocycles. The normalized spacial score (nSPS) is 20.2. The van der Waals surface area contributed by atoms with Crippen molar-refractivity contribution in [1.82, 2.24) is 15.0 Å². The summed E-state index contributed by atoms with van der Waals surface area (Å²) in [5.41, 5.74) is 2.56. The lowest BCUT2D eigenvalue weighted by molar-refractivity contribution is 0.285. The van der Waals surface area contributed by atoms with Crippen molar-refractivity contribution in [2.45, 2.75) is 44.4 Å². The third-order valence-electron chi connectivity index (χ3n) is 6.77. The van der Waals surface area contributed by atoms with Gasteiger partial charge in [-0.05, 0) is 85.5 Å². The van der Waals surface area contributed by atoms with E-state index in [0.29, 0.717) is 27.8 Å². The minimum absolute atomic E-state index is 0.145. The lowest BCUT2D eigenvalue weighted by atomic mass is 9.73. The SMILES string of the molecule is CC(c1nc2ccc(Cl)cc2c(=O)[nH]1)C1CCC(c2ccnc3ccc(F)cc23)CC1. The number of halogens is 2. The molecule has 0 radical (unpaired) electrons. The standard InChI is InChI=1S/C25H23ClFN3O/c1-14(24-29-23-8-6-17(26)12-21(23)25(31)30-24)15-2-4-16(5-3-15)19-10-11-28-22-9-7-18(27)13-20(19)22/h6-16H,2-5H2,1H3,(H,29,30,31). The summed E-state index contributed by atoms with van der Waals surface area (Å²) in [6.07, 6.45) is 5.94. The zero-order valence-corrected chi connectivity index (χ0v) is 18.0. The first-order valence-electron chi connectivity index (χ1n) is 10.7. The topological polar surface area (TPSA) is 58.6 Å². The van der Waals surface area contributed by atoms with E-state index in [4.69, 9.17) is 16.6 Å². The summed E-state index contributed by atoms with van der Waals surface area (Å²) in [7, 11) is 0. The van der Waals surface area contributed by atoms with Crippen LogP contribution in [-0.4, -0.2) is 15.0 Å². The first-order chi connectivity index (χ1) is 15.0. The van der Waals surface area contributed by atoms with Gasteiger partial charge in [-0.15, -0.1) is 0 Å². The number of aromatic amines is 1. The molecule has 5 rings (SSSR count). The Morgan fingerprint density at radius 3 is 2.61 bits per heavy atom. The molecule has 1 aliphatic carbocycles. The molecule has 0 bridgehead atoms. The second-order valence-electron chi connectivity index (χ2n) is 8.57. The molecule has 2 aromatic heterocycles. The van der Waals surface area contributed by atoms with E-state index in [9.17, 15) is 9.18 Å². The largest absolute Gasteiger partial charge is 0.310 e. The third-order valence-corrected chi connectivity index (χ3v) is 7.01. The Kier molecular flexibility index (Phi) is 5.22. The first-order valence-corrected chi connectivity index (χ1v) is 11.1. The molecule has 1 aliphatic rings. The van der Waals surface area contributed by atoms with Crippen molar-refractivity contribution in [2.24, 2.45) is 5.92 Å². The van der Waals surface area contributed by atoms with Crippen LogP contribution in [0.15, 0.2) is 53.5 Å². The molecule has 4 aromatic rings. The smallest absolute Gasteiger partial charge is 0.258 e. The zero-order chi connectivity index (χ0) is 21.5. The highest BCUT2D eigenvalue weighted by Crippen LogP contribution is 2.42. The lowest BCUT2D eigenvalue weighted by Crippen LogP contribution is -2.22. The van der Waals surface area contributed by atoms with Gasteiger partial charge in [0.2, 0.25) is 0 Å². The van der Waals surface area contributed by atoms with Gasteiger partial charge in [-0.1, -0.05) is 18.5 Å². The fourth-order valence-corrected chi connectivity index (χ4v) is 5.17. The molecule has 2 aromatic carbocycles. The predicted molar refractivity (Wildman–Crippen MR) is 122 cm³/mol. The van der Waals surface area contributed by atoms with Gasteiger partial charge in [-0.3, -0.25) is 9.78 Å². The van der Waals surface area contributed by atoms with E-state index in [1.807, 2.05) is 12.3 Å². The summed E-state index contributed by atoms with van der Waals surface area (Å²) in [5.74, 6) is 1.49. The maximum atomic E-state index is 13.8. The van der Waals surface area contributed by atoms with Crippen LogP contribution in [0.25, 0.3) is 21.8 Å². The van der Waals surface area contributed by atoms with Crippen LogP contribution in [0.3, 0.4) is 0 Å². The fraction of sp³-hybridized carbons (Fsp3) is 0.320. The summed E-state index contributed by atoms with van der Waals surface area (Å²) in [5, 5.41) is 1.96. The van der Waals surface area contributed by atoms with Crippen molar-refractivity contribution >= 4 is 33.4 Å². The predicted octanol–water partition coefficient (Wildman–Crippen LogP) is 6.34. The van der Waals surface area contributed by atoms with E-state index in [0.717, 1.165) is 42.4 Å². The van der Waals surface area contributed by atoms with Gasteiger partial charge >= 0.3 is 0 Å². The quantitative estimate of drug-likeness (QED) is 0.408. The summed E-state index contributed by atoms with van der Waals surface area (Å²) < 4.78 is 13.8. The van der Waals surface area contributed by atoms with Crippen molar-refractivity contribution in [2.75, 3.05) is 0 Å². The first kappa shape index (κ1) is 20.1. The number of hydrogen-bond acceptors (Lipinski definition) is 3. The van der Waals surface area contributed by atoms with Gasteiger partial charge in [0.25, 0.3) is 5.56 Å². The van der Waals surface area contributed by atoms with Gasteiger partial charge in [0, 0.05) is 22.5 Å².